The van der Waals surface area contributed by atoms with E-state index in [1.807, 2.05) is 0 Å². The van der Waals surface area contributed by atoms with Crippen LogP contribution in [0.5, 0.6) is 5.75 Å². The van der Waals surface area contributed by atoms with Crippen LogP contribution < -0.4 is 4.74 Å². The molecular weight excluding hydrogens is 366 g/mol. The molecule has 2 aromatic carbocycles. The Morgan fingerprint density at radius 1 is 1.19 bits per heavy atom. The Labute approximate surface area is 153 Å². The summed E-state index contributed by atoms with van der Waals surface area (Å²) in [7, 11) is 0. The van der Waals surface area contributed by atoms with Crippen molar-refractivity contribution in [2.24, 2.45) is 0 Å². The SMILES string of the molecule is O=C(c1ccc(C(F)(F)F)cc1)N1CCO[C@H](COc2cccc(F)c2)C1. The molecule has 0 N–H and O–H groups in total. The highest BCUT2D eigenvalue weighted by molar-refractivity contribution is 5.94. The van der Waals surface area contributed by atoms with Crippen LogP contribution in [0.25, 0.3) is 0 Å². The monoisotopic (exact) mass is 383 g/mol. The quantitative estimate of drug-likeness (QED) is 0.755. The standard InChI is InChI=1S/C19H17F4NO3/c20-15-2-1-3-16(10-15)27-12-17-11-24(8-9-26-17)18(25)13-4-6-14(7-5-13)19(21,22)23/h1-7,10,17H,8-9,11-12H2/t17-/m0/s1. The van der Waals surface area contributed by atoms with Crippen molar-refractivity contribution in [2.75, 3.05) is 26.3 Å². The minimum Gasteiger partial charge on any atom is -0.491 e. The Morgan fingerprint density at radius 2 is 1.93 bits per heavy atom. The number of morpholine rings is 1. The number of halogens is 4. The van der Waals surface area contributed by atoms with Gasteiger partial charge in [0.25, 0.3) is 5.91 Å². The number of alkyl halides is 3. The lowest BCUT2D eigenvalue weighted by atomic mass is 10.1. The van der Waals surface area contributed by atoms with Gasteiger partial charge in [-0.2, -0.15) is 13.2 Å². The van der Waals surface area contributed by atoms with Gasteiger partial charge in [0, 0.05) is 18.2 Å². The normalized spacial score (nSPS) is 17.6. The molecule has 1 fully saturated rings. The fourth-order valence-electron chi connectivity index (χ4n) is 2.73. The lowest BCUT2D eigenvalue weighted by molar-refractivity contribution is -0.137. The molecule has 4 nitrogen and oxygen atoms in total. The van der Waals surface area contributed by atoms with Gasteiger partial charge in [0.2, 0.25) is 0 Å². The third-order valence-electron chi connectivity index (χ3n) is 4.12. The lowest BCUT2D eigenvalue weighted by Crippen LogP contribution is -2.47. The summed E-state index contributed by atoms with van der Waals surface area (Å²) in [6.45, 7) is 0.968. The molecule has 0 spiro atoms. The summed E-state index contributed by atoms with van der Waals surface area (Å²) < 4.78 is 62.1. The van der Waals surface area contributed by atoms with Crippen LogP contribution in [-0.4, -0.2) is 43.2 Å². The minimum atomic E-state index is -4.44. The molecule has 0 aromatic heterocycles. The average Bonchev–Trinajstić information content (AvgIpc) is 2.65. The molecule has 0 unspecified atom stereocenters. The van der Waals surface area contributed by atoms with Crippen LogP contribution in [0.15, 0.2) is 48.5 Å². The highest BCUT2D eigenvalue weighted by atomic mass is 19.4. The van der Waals surface area contributed by atoms with E-state index in [0.29, 0.717) is 12.3 Å². The third kappa shape index (κ3) is 4.97. The molecule has 1 heterocycles. The molecule has 0 saturated carbocycles. The summed E-state index contributed by atoms with van der Waals surface area (Å²) in [5, 5.41) is 0. The fourth-order valence-corrected chi connectivity index (χ4v) is 2.73. The van der Waals surface area contributed by atoms with Crippen molar-refractivity contribution in [1.29, 1.82) is 0 Å². The number of benzene rings is 2. The molecule has 0 radical (unpaired) electrons. The van der Waals surface area contributed by atoms with Crippen LogP contribution in [0.1, 0.15) is 15.9 Å². The molecular formula is C19H17F4NO3. The second kappa shape index (κ2) is 7.96. The second-order valence-electron chi connectivity index (χ2n) is 6.09. The van der Waals surface area contributed by atoms with Gasteiger partial charge in [0.15, 0.2) is 0 Å². The zero-order valence-corrected chi connectivity index (χ0v) is 14.2. The van der Waals surface area contributed by atoms with Crippen molar-refractivity contribution < 1.29 is 31.8 Å². The first-order valence-electron chi connectivity index (χ1n) is 8.29. The summed E-state index contributed by atoms with van der Waals surface area (Å²) in [4.78, 5) is 14.0. The van der Waals surface area contributed by atoms with Crippen molar-refractivity contribution in [3.8, 4) is 5.75 Å². The summed E-state index contributed by atoms with van der Waals surface area (Å²) >= 11 is 0. The van der Waals surface area contributed by atoms with Crippen LogP contribution in [0.2, 0.25) is 0 Å². The highest BCUT2D eigenvalue weighted by Crippen LogP contribution is 2.29. The zero-order chi connectivity index (χ0) is 19.4. The van der Waals surface area contributed by atoms with E-state index in [-0.39, 0.29) is 31.2 Å². The molecule has 1 aliphatic heterocycles. The summed E-state index contributed by atoms with van der Waals surface area (Å²) in [6, 6.07) is 9.78. The van der Waals surface area contributed by atoms with Crippen molar-refractivity contribution in [1.82, 2.24) is 4.90 Å². The molecule has 2 aromatic rings. The fraction of sp³-hybridized carbons (Fsp3) is 0.316. The maximum atomic E-state index is 13.2. The Bertz CT molecular complexity index is 792. The van der Waals surface area contributed by atoms with Gasteiger partial charge in [-0.3, -0.25) is 4.79 Å². The van der Waals surface area contributed by atoms with Gasteiger partial charge < -0.3 is 14.4 Å². The van der Waals surface area contributed by atoms with Crippen LogP contribution in [0, 0.1) is 5.82 Å². The molecule has 27 heavy (non-hydrogen) atoms. The van der Waals surface area contributed by atoms with Gasteiger partial charge in [0.05, 0.1) is 18.7 Å². The number of carbonyl (C=O) groups is 1. The predicted octanol–water partition coefficient (Wildman–Crippen LogP) is 3.76. The van der Waals surface area contributed by atoms with E-state index >= 15 is 0 Å². The Morgan fingerprint density at radius 3 is 2.59 bits per heavy atom. The van der Waals surface area contributed by atoms with Gasteiger partial charge >= 0.3 is 6.18 Å². The number of nitrogens with zero attached hydrogens (tertiary/aromatic N) is 1. The summed E-state index contributed by atoms with van der Waals surface area (Å²) in [5.74, 6) is -0.441. The highest BCUT2D eigenvalue weighted by Gasteiger charge is 2.31. The second-order valence-corrected chi connectivity index (χ2v) is 6.09. The van der Waals surface area contributed by atoms with Gasteiger partial charge in [0.1, 0.15) is 24.3 Å². The topological polar surface area (TPSA) is 38.8 Å². The minimum absolute atomic E-state index is 0.125. The first-order chi connectivity index (χ1) is 12.8. The van der Waals surface area contributed by atoms with Crippen molar-refractivity contribution in [2.45, 2.75) is 12.3 Å². The van der Waals surface area contributed by atoms with Gasteiger partial charge in [-0.1, -0.05) is 6.07 Å². The Hall–Kier alpha value is -2.61. The molecule has 0 aliphatic carbocycles. The van der Waals surface area contributed by atoms with E-state index in [1.54, 1.807) is 6.07 Å². The van der Waals surface area contributed by atoms with Crippen LogP contribution in [0.4, 0.5) is 17.6 Å². The number of rotatable bonds is 4. The molecule has 1 amide bonds. The first-order valence-corrected chi connectivity index (χ1v) is 8.29. The van der Waals surface area contributed by atoms with Crippen molar-refractivity contribution in [3.63, 3.8) is 0 Å². The Kier molecular flexibility index (Phi) is 5.65. The maximum absolute atomic E-state index is 13.2. The molecule has 1 saturated heterocycles. The number of carbonyl (C=O) groups excluding carboxylic acids is 1. The van der Waals surface area contributed by atoms with Crippen molar-refractivity contribution >= 4 is 5.91 Å². The molecule has 144 valence electrons. The summed E-state index contributed by atoms with van der Waals surface area (Å²) in [6.07, 6.45) is -4.86. The molecule has 1 aliphatic rings. The van der Waals surface area contributed by atoms with E-state index < -0.39 is 23.7 Å². The Balaban J connectivity index is 1.59. The van der Waals surface area contributed by atoms with Gasteiger partial charge in [-0.15, -0.1) is 0 Å². The van der Waals surface area contributed by atoms with E-state index in [1.165, 1.54) is 35.2 Å². The predicted molar refractivity (Wildman–Crippen MR) is 89.0 cm³/mol. The zero-order valence-electron chi connectivity index (χ0n) is 14.2. The largest absolute Gasteiger partial charge is 0.491 e. The number of ether oxygens (including phenoxy) is 2. The smallest absolute Gasteiger partial charge is 0.416 e. The molecule has 8 heteroatoms. The maximum Gasteiger partial charge on any atom is 0.416 e. The van der Waals surface area contributed by atoms with E-state index in [9.17, 15) is 22.4 Å². The van der Waals surface area contributed by atoms with Crippen molar-refractivity contribution in [3.05, 3.63) is 65.5 Å². The molecule has 1 atom stereocenters. The number of hydrogen-bond acceptors (Lipinski definition) is 3. The lowest BCUT2D eigenvalue weighted by Gasteiger charge is -2.33. The van der Waals surface area contributed by atoms with Gasteiger partial charge in [-0.25, -0.2) is 4.39 Å². The van der Waals surface area contributed by atoms with Crippen LogP contribution in [-0.2, 0) is 10.9 Å². The summed E-state index contributed by atoms with van der Waals surface area (Å²) in [5.41, 5.74) is -0.628. The number of amides is 1. The molecule has 3 rings (SSSR count). The molecule has 0 bridgehead atoms. The number of hydrogen-bond donors (Lipinski definition) is 0. The van der Waals surface area contributed by atoms with Gasteiger partial charge in [-0.05, 0) is 36.4 Å². The third-order valence-corrected chi connectivity index (χ3v) is 4.12. The van der Waals surface area contributed by atoms with Crippen LogP contribution in [0.3, 0.4) is 0 Å². The van der Waals surface area contributed by atoms with E-state index in [0.717, 1.165) is 12.1 Å². The van der Waals surface area contributed by atoms with E-state index in [2.05, 4.69) is 0 Å². The first kappa shape index (κ1) is 19.2. The average molecular weight is 383 g/mol. The van der Waals surface area contributed by atoms with Crippen LogP contribution >= 0.6 is 0 Å². The van der Waals surface area contributed by atoms with E-state index in [4.69, 9.17) is 9.47 Å².